The first-order chi connectivity index (χ1) is 8.99. The van der Waals surface area contributed by atoms with Gasteiger partial charge in [0.1, 0.15) is 0 Å². The molecular weight excluding hydrogens is 263 g/mol. The summed E-state index contributed by atoms with van der Waals surface area (Å²) in [4.78, 5) is 4.46. The van der Waals surface area contributed by atoms with Crippen molar-refractivity contribution in [3.63, 3.8) is 0 Å². The maximum atomic E-state index is 12.0. The van der Waals surface area contributed by atoms with Gasteiger partial charge < -0.3 is 18.8 Å². The lowest BCUT2D eigenvalue weighted by atomic mass is 10.5. The van der Waals surface area contributed by atoms with Gasteiger partial charge in [0, 0.05) is 19.8 Å². The molecule has 0 fully saturated rings. The summed E-state index contributed by atoms with van der Waals surface area (Å²) in [5, 5.41) is 0. The summed E-state index contributed by atoms with van der Waals surface area (Å²) in [6.07, 6.45) is 0. The van der Waals surface area contributed by atoms with E-state index in [4.69, 9.17) is 9.05 Å². The molecule has 0 aromatic rings. The van der Waals surface area contributed by atoms with Crippen LogP contribution in [-0.4, -0.2) is 68.9 Å². The smallest absolute Gasteiger partial charge is 0.307 e. The second-order valence-electron chi connectivity index (χ2n) is 4.49. The van der Waals surface area contributed by atoms with E-state index in [0.717, 1.165) is 39.3 Å². The van der Waals surface area contributed by atoms with Crippen LogP contribution in [0.25, 0.3) is 0 Å². The molecule has 0 spiro atoms. The summed E-state index contributed by atoms with van der Waals surface area (Å²) in [5.74, 6) is 0. The van der Waals surface area contributed by atoms with Crippen LogP contribution in [0.3, 0.4) is 0 Å². The number of hydrogen-bond acceptors (Lipinski definition) is 5. The number of nitrogens with zero attached hydrogens (tertiary/aromatic N) is 2. The van der Waals surface area contributed by atoms with E-state index < -0.39 is 7.60 Å². The van der Waals surface area contributed by atoms with E-state index in [9.17, 15) is 4.57 Å². The Morgan fingerprint density at radius 2 is 1.11 bits per heavy atom. The molecule has 0 heterocycles. The Labute approximate surface area is 118 Å². The van der Waals surface area contributed by atoms with E-state index >= 15 is 0 Å². The van der Waals surface area contributed by atoms with Crippen molar-refractivity contribution in [3.8, 4) is 0 Å². The number of rotatable bonds is 12. The fourth-order valence-corrected chi connectivity index (χ4v) is 2.69. The molecule has 0 atom stereocenters. The minimum atomic E-state index is -2.90. The topological polar surface area (TPSA) is 42.0 Å². The van der Waals surface area contributed by atoms with Gasteiger partial charge in [-0.2, -0.15) is 0 Å². The second-order valence-corrected chi connectivity index (χ2v) is 6.55. The molecule has 0 unspecified atom stereocenters. The highest BCUT2D eigenvalue weighted by Crippen LogP contribution is 2.43. The van der Waals surface area contributed by atoms with Crippen LogP contribution in [0.1, 0.15) is 27.7 Å². The predicted octanol–water partition coefficient (Wildman–Crippen LogP) is 2.53. The molecule has 0 aromatic carbocycles. The first kappa shape index (κ1) is 19.1. The van der Waals surface area contributed by atoms with E-state index in [1.807, 2.05) is 0 Å². The monoisotopic (exact) mass is 294 g/mol. The van der Waals surface area contributed by atoms with Crippen LogP contribution in [0.4, 0.5) is 0 Å². The third-order valence-electron chi connectivity index (χ3n) is 3.26. The highest BCUT2D eigenvalue weighted by atomic mass is 31.2. The third kappa shape index (κ3) is 9.58. The van der Waals surface area contributed by atoms with Gasteiger partial charge in [-0.05, 0) is 26.2 Å². The Balaban J connectivity index is 3.82. The zero-order valence-corrected chi connectivity index (χ0v) is 14.1. The van der Waals surface area contributed by atoms with Crippen LogP contribution in [0.2, 0.25) is 0 Å². The van der Waals surface area contributed by atoms with Crippen molar-refractivity contribution < 1.29 is 13.6 Å². The Bertz CT molecular complexity index is 234. The maximum absolute atomic E-state index is 12.0. The van der Waals surface area contributed by atoms with Crippen molar-refractivity contribution in [1.29, 1.82) is 0 Å². The molecule has 0 amide bonds. The molecule has 0 rings (SSSR count). The lowest BCUT2D eigenvalue weighted by Crippen LogP contribution is -2.27. The third-order valence-corrected chi connectivity index (χ3v) is 4.56. The van der Waals surface area contributed by atoms with Crippen molar-refractivity contribution in [2.24, 2.45) is 0 Å². The van der Waals surface area contributed by atoms with Crippen LogP contribution in [0, 0.1) is 0 Å². The van der Waals surface area contributed by atoms with E-state index in [1.165, 1.54) is 0 Å². The summed E-state index contributed by atoms with van der Waals surface area (Å²) >= 11 is 0. The average molecular weight is 294 g/mol. The molecule has 0 aliphatic rings. The van der Waals surface area contributed by atoms with Gasteiger partial charge in [-0.25, -0.2) is 0 Å². The van der Waals surface area contributed by atoms with Gasteiger partial charge >= 0.3 is 7.60 Å². The molecule has 6 heteroatoms. The van der Waals surface area contributed by atoms with E-state index in [-0.39, 0.29) is 0 Å². The van der Waals surface area contributed by atoms with Gasteiger partial charge in [0.05, 0.1) is 13.2 Å². The molecule has 0 bridgehead atoms. The van der Waals surface area contributed by atoms with Crippen molar-refractivity contribution in [1.82, 2.24) is 9.80 Å². The molecule has 0 aliphatic heterocycles. The molecule has 0 aliphatic carbocycles. The quantitative estimate of drug-likeness (QED) is 0.517. The SMILES string of the molecule is CCN(CC)CCOP(C)(=O)OCCN(CC)CC. The Kier molecular flexibility index (Phi) is 10.8. The first-order valence-corrected chi connectivity index (χ1v) is 9.29. The Morgan fingerprint density at radius 3 is 1.37 bits per heavy atom. The normalized spacial score (nSPS) is 12.6. The Hall–Kier alpha value is 0.0700. The fraction of sp³-hybridized carbons (Fsp3) is 1.00. The number of likely N-dealkylation sites (N-methyl/N-ethyl adjacent to an activating group) is 2. The molecule has 5 nitrogen and oxygen atoms in total. The van der Waals surface area contributed by atoms with Gasteiger partial charge in [-0.1, -0.05) is 27.7 Å². The van der Waals surface area contributed by atoms with Crippen molar-refractivity contribution >= 4 is 7.60 Å². The lowest BCUT2D eigenvalue weighted by molar-refractivity contribution is 0.162. The minimum absolute atomic E-state index is 0.459. The van der Waals surface area contributed by atoms with E-state index in [2.05, 4.69) is 37.5 Å². The van der Waals surface area contributed by atoms with Crippen LogP contribution >= 0.6 is 7.60 Å². The largest absolute Gasteiger partial charge is 0.327 e. The minimum Gasteiger partial charge on any atom is -0.307 e. The highest BCUT2D eigenvalue weighted by molar-refractivity contribution is 7.52. The number of hydrogen-bond donors (Lipinski definition) is 0. The van der Waals surface area contributed by atoms with Gasteiger partial charge in [0.2, 0.25) is 0 Å². The second kappa shape index (κ2) is 10.8. The van der Waals surface area contributed by atoms with Gasteiger partial charge in [-0.15, -0.1) is 0 Å². The van der Waals surface area contributed by atoms with Crippen LogP contribution in [-0.2, 0) is 13.6 Å². The van der Waals surface area contributed by atoms with Crippen LogP contribution in [0.5, 0.6) is 0 Å². The van der Waals surface area contributed by atoms with E-state index in [1.54, 1.807) is 6.66 Å². The first-order valence-electron chi connectivity index (χ1n) is 7.30. The maximum Gasteiger partial charge on any atom is 0.327 e. The zero-order chi connectivity index (χ0) is 14.7. The predicted molar refractivity (Wildman–Crippen MR) is 81.0 cm³/mol. The summed E-state index contributed by atoms with van der Waals surface area (Å²) < 4.78 is 22.8. The summed E-state index contributed by atoms with van der Waals surface area (Å²) in [6, 6.07) is 0. The lowest BCUT2D eigenvalue weighted by Gasteiger charge is -2.21. The van der Waals surface area contributed by atoms with Crippen LogP contribution in [0.15, 0.2) is 0 Å². The summed E-state index contributed by atoms with van der Waals surface area (Å²) in [5.41, 5.74) is 0. The molecule has 0 N–H and O–H groups in total. The van der Waals surface area contributed by atoms with E-state index in [0.29, 0.717) is 13.2 Å². The molecular formula is C13H31N2O3P. The van der Waals surface area contributed by atoms with Gasteiger partial charge in [0.15, 0.2) is 0 Å². The van der Waals surface area contributed by atoms with Crippen molar-refractivity contribution in [3.05, 3.63) is 0 Å². The molecule has 0 saturated carbocycles. The Morgan fingerprint density at radius 1 is 0.789 bits per heavy atom. The molecule has 19 heavy (non-hydrogen) atoms. The average Bonchev–Trinajstić information content (AvgIpc) is 2.39. The zero-order valence-electron chi connectivity index (χ0n) is 13.2. The fourth-order valence-electron chi connectivity index (χ4n) is 1.79. The van der Waals surface area contributed by atoms with Crippen molar-refractivity contribution in [2.45, 2.75) is 27.7 Å². The summed E-state index contributed by atoms with van der Waals surface area (Å²) in [7, 11) is -2.90. The van der Waals surface area contributed by atoms with Crippen molar-refractivity contribution in [2.75, 3.05) is 59.1 Å². The van der Waals surface area contributed by atoms with Gasteiger partial charge in [0.25, 0.3) is 0 Å². The van der Waals surface area contributed by atoms with Crippen LogP contribution < -0.4 is 0 Å². The highest BCUT2D eigenvalue weighted by Gasteiger charge is 2.17. The molecule has 0 radical (unpaired) electrons. The molecule has 0 saturated heterocycles. The molecule has 116 valence electrons. The summed E-state index contributed by atoms with van der Waals surface area (Å²) in [6.45, 7) is 16.4. The standard InChI is InChI=1S/C13H31N2O3P/c1-6-14(7-2)10-12-17-19(5,16)18-13-11-15(8-3)9-4/h6-13H2,1-5H3. The van der Waals surface area contributed by atoms with Gasteiger partial charge in [-0.3, -0.25) is 4.57 Å². The molecule has 0 aromatic heterocycles.